The number of alkyl halides is 3. The van der Waals surface area contributed by atoms with Gasteiger partial charge in [-0.25, -0.2) is 4.39 Å². The highest BCUT2D eigenvalue weighted by molar-refractivity contribution is 9.10. The molecule has 0 N–H and O–H groups in total. The monoisotopic (exact) mass is 360 g/mol. The Morgan fingerprint density at radius 2 is 1.76 bits per heavy atom. The van der Waals surface area contributed by atoms with Crippen LogP contribution in [0.25, 0.3) is 0 Å². The van der Waals surface area contributed by atoms with Crippen molar-refractivity contribution in [2.75, 3.05) is 0 Å². The van der Waals surface area contributed by atoms with E-state index in [-0.39, 0.29) is 16.5 Å². The third-order valence-electron chi connectivity index (χ3n) is 2.88. The number of carbonyl (C=O) groups excluding carboxylic acids is 1. The van der Waals surface area contributed by atoms with Gasteiger partial charge in [0.25, 0.3) is 0 Å². The predicted molar refractivity (Wildman–Crippen MR) is 73.6 cm³/mol. The Morgan fingerprint density at radius 3 is 2.38 bits per heavy atom. The third kappa shape index (κ3) is 3.69. The van der Waals surface area contributed by atoms with Crippen molar-refractivity contribution in [1.29, 1.82) is 0 Å². The SMILES string of the molecule is O=C(Cc1ccc(F)c(Br)c1)c1ccccc1C(F)(F)F. The fraction of sp³-hybridized carbons (Fsp3) is 0.133. The van der Waals surface area contributed by atoms with Crippen LogP contribution < -0.4 is 0 Å². The number of ketones is 1. The highest BCUT2D eigenvalue weighted by atomic mass is 79.9. The molecule has 0 aromatic heterocycles. The standard InChI is InChI=1S/C15H9BrF4O/c16-12-7-9(5-6-13(12)17)8-14(21)10-3-1-2-4-11(10)15(18,19)20/h1-7H,8H2. The summed E-state index contributed by atoms with van der Waals surface area (Å²) < 4.78 is 51.8. The number of benzene rings is 2. The summed E-state index contributed by atoms with van der Waals surface area (Å²) >= 11 is 2.97. The first-order valence-electron chi connectivity index (χ1n) is 5.92. The Kier molecular flexibility index (Phi) is 4.46. The molecule has 0 unspecified atom stereocenters. The van der Waals surface area contributed by atoms with Crippen molar-refractivity contribution in [2.24, 2.45) is 0 Å². The quantitative estimate of drug-likeness (QED) is 0.554. The van der Waals surface area contributed by atoms with Crippen molar-refractivity contribution >= 4 is 21.7 Å². The number of carbonyl (C=O) groups is 1. The summed E-state index contributed by atoms with van der Waals surface area (Å²) in [5.41, 5.74) is -0.910. The molecule has 21 heavy (non-hydrogen) atoms. The fourth-order valence-electron chi connectivity index (χ4n) is 1.90. The Labute approximate surface area is 126 Å². The summed E-state index contributed by atoms with van der Waals surface area (Å²) in [6.45, 7) is 0. The fourth-order valence-corrected chi connectivity index (χ4v) is 2.33. The maximum Gasteiger partial charge on any atom is 0.417 e. The number of hydrogen-bond acceptors (Lipinski definition) is 1. The number of Topliss-reactive ketones (excluding diaryl/α,β-unsaturated/α-hetero) is 1. The second-order valence-electron chi connectivity index (χ2n) is 4.39. The molecule has 0 aliphatic carbocycles. The van der Waals surface area contributed by atoms with Crippen LogP contribution >= 0.6 is 15.9 Å². The maximum absolute atomic E-state index is 13.1. The van der Waals surface area contributed by atoms with Crippen LogP contribution in [0.1, 0.15) is 21.5 Å². The lowest BCUT2D eigenvalue weighted by atomic mass is 9.98. The van der Waals surface area contributed by atoms with Crippen molar-refractivity contribution < 1.29 is 22.4 Å². The molecule has 0 saturated carbocycles. The van der Waals surface area contributed by atoms with Crippen LogP contribution in [0, 0.1) is 5.82 Å². The molecule has 0 aliphatic heterocycles. The van der Waals surface area contributed by atoms with E-state index in [2.05, 4.69) is 15.9 Å². The summed E-state index contributed by atoms with van der Waals surface area (Å²) in [4.78, 5) is 12.1. The van der Waals surface area contributed by atoms with E-state index in [1.165, 1.54) is 24.3 Å². The van der Waals surface area contributed by atoms with E-state index in [1.807, 2.05) is 0 Å². The normalized spacial score (nSPS) is 11.5. The first-order chi connectivity index (χ1) is 9.79. The van der Waals surface area contributed by atoms with Crippen molar-refractivity contribution in [2.45, 2.75) is 12.6 Å². The molecule has 0 aliphatic rings. The predicted octanol–water partition coefficient (Wildman–Crippen LogP) is 5.03. The minimum absolute atomic E-state index is 0.164. The smallest absolute Gasteiger partial charge is 0.294 e. The van der Waals surface area contributed by atoms with Gasteiger partial charge in [-0.1, -0.05) is 24.3 Å². The van der Waals surface area contributed by atoms with Gasteiger partial charge in [0.2, 0.25) is 0 Å². The Bertz CT molecular complexity index is 680. The van der Waals surface area contributed by atoms with Crippen molar-refractivity contribution in [3.8, 4) is 0 Å². The minimum Gasteiger partial charge on any atom is -0.294 e. The molecular formula is C15H9BrF4O. The zero-order valence-corrected chi connectivity index (χ0v) is 12.1. The molecule has 0 radical (unpaired) electrons. The van der Waals surface area contributed by atoms with Crippen LogP contribution in [-0.4, -0.2) is 5.78 Å². The second kappa shape index (κ2) is 5.97. The zero-order valence-electron chi connectivity index (χ0n) is 10.5. The summed E-state index contributed by atoms with van der Waals surface area (Å²) in [7, 11) is 0. The topological polar surface area (TPSA) is 17.1 Å². The third-order valence-corrected chi connectivity index (χ3v) is 3.49. The van der Waals surface area contributed by atoms with E-state index >= 15 is 0 Å². The largest absolute Gasteiger partial charge is 0.417 e. The zero-order chi connectivity index (χ0) is 15.6. The van der Waals surface area contributed by atoms with Crippen LogP contribution in [0.4, 0.5) is 17.6 Å². The van der Waals surface area contributed by atoms with Crippen LogP contribution in [-0.2, 0) is 12.6 Å². The molecule has 2 rings (SSSR count). The van der Waals surface area contributed by atoms with Crippen LogP contribution in [0.5, 0.6) is 0 Å². The summed E-state index contributed by atoms with van der Waals surface area (Å²) in [6, 6.07) is 8.52. The van der Waals surface area contributed by atoms with Crippen molar-refractivity contribution in [3.63, 3.8) is 0 Å². The van der Waals surface area contributed by atoms with Crippen LogP contribution in [0.3, 0.4) is 0 Å². The highest BCUT2D eigenvalue weighted by Crippen LogP contribution is 2.32. The van der Waals surface area contributed by atoms with Gasteiger partial charge < -0.3 is 0 Å². The van der Waals surface area contributed by atoms with Gasteiger partial charge in [0.15, 0.2) is 5.78 Å². The van der Waals surface area contributed by atoms with Gasteiger partial charge in [0, 0.05) is 12.0 Å². The Hall–Kier alpha value is -1.69. The van der Waals surface area contributed by atoms with Gasteiger partial charge in [-0.15, -0.1) is 0 Å². The van der Waals surface area contributed by atoms with E-state index in [1.54, 1.807) is 0 Å². The van der Waals surface area contributed by atoms with Gasteiger partial charge in [0.05, 0.1) is 10.0 Å². The van der Waals surface area contributed by atoms with Gasteiger partial charge in [0.1, 0.15) is 5.82 Å². The first kappa shape index (κ1) is 15.7. The molecule has 2 aromatic carbocycles. The molecule has 110 valence electrons. The van der Waals surface area contributed by atoms with Gasteiger partial charge >= 0.3 is 6.18 Å². The van der Waals surface area contributed by atoms with E-state index in [4.69, 9.17) is 0 Å². The minimum atomic E-state index is -4.59. The van der Waals surface area contributed by atoms with Gasteiger partial charge in [-0.2, -0.15) is 13.2 Å². The molecule has 1 nitrogen and oxygen atoms in total. The lowest BCUT2D eigenvalue weighted by Gasteiger charge is -2.11. The molecule has 0 saturated heterocycles. The average Bonchev–Trinajstić information content (AvgIpc) is 2.42. The average molecular weight is 361 g/mol. The molecule has 2 aromatic rings. The second-order valence-corrected chi connectivity index (χ2v) is 5.25. The lowest BCUT2D eigenvalue weighted by molar-refractivity contribution is -0.137. The highest BCUT2D eigenvalue weighted by Gasteiger charge is 2.34. The van der Waals surface area contributed by atoms with Crippen molar-refractivity contribution in [3.05, 3.63) is 69.4 Å². The Balaban J connectivity index is 2.31. The Morgan fingerprint density at radius 1 is 1.10 bits per heavy atom. The summed E-state index contributed by atoms with van der Waals surface area (Å²) in [5.74, 6) is -1.16. The lowest BCUT2D eigenvalue weighted by Crippen LogP contribution is -2.14. The number of halogens is 5. The van der Waals surface area contributed by atoms with Crippen LogP contribution in [0.15, 0.2) is 46.9 Å². The van der Waals surface area contributed by atoms with E-state index in [9.17, 15) is 22.4 Å². The molecule has 0 spiro atoms. The number of rotatable bonds is 3. The molecule has 0 atom stereocenters. The van der Waals surface area contributed by atoms with Gasteiger partial charge in [-0.05, 0) is 39.7 Å². The molecule has 0 amide bonds. The number of hydrogen-bond donors (Lipinski definition) is 0. The molecule has 6 heteroatoms. The molecule has 0 bridgehead atoms. The molecule has 0 fully saturated rings. The molecule has 0 heterocycles. The van der Waals surface area contributed by atoms with E-state index in [0.717, 1.165) is 18.2 Å². The summed E-state index contributed by atoms with van der Waals surface area (Å²) in [5, 5.41) is 0. The first-order valence-corrected chi connectivity index (χ1v) is 6.71. The van der Waals surface area contributed by atoms with Crippen molar-refractivity contribution in [1.82, 2.24) is 0 Å². The maximum atomic E-state index is 13.1. The molecular weight excluding hydrogens is 352 g/mol. The van der Waals surface area contributed by atoms with E-state index < -0.39 is 23.3 Å². The van der Waals surface area contributed by atoms with Crippen LogP contribution in [0.2, 0.25) is 0 Å². The van der Waals surface area contributed by atoms with E-state index in [0.29, 0.717) is 5.56 Å². The van der Waals surface area contributed by atoms with Gasteiger partial charge in [-0.3, -0.25) is 4.79 Å². The summed E-state index contributed by atoms with van der Waals surface area (Å²) in [6.07, 6.45) is -4.82.